The van der Waals surface area contributed by atoms with Gasteiger partial charge in [-0.1, -0.05) is 13.3 Å². The Balaban J connectivity index is 3.52. The van der Waals surface area contributed by atoms with Crippen molar-refractivity contribution in [3.05, 3.63) is 28.6 Å². The van der Waals surface area contributed by atoms with E-state index in [-0.39, 0.29) is 17.8 Å². The summed E-state index contributed by atoms with van der Waals surface area (Å²) in [5.74, 6) is -1.59. The first-order chi connectivity index (χ1) is 7.77. The van der Waals surface area contributed by atoms with E-state index in [2.05, 4.69) is 4.98 Å². The molecule has 0 atom stereocenters. The first-order valence-electron chi connectivity index (χ1n) is 5.08. The standard InChI is InChI=1S/C11H12F3NO2/c1-3-4-8-9(10(16)17)7(11(12,13)14)5-6(2)15-8/h5H,3-4H2,1-2H3,(H,16,17). The molecule has 1 aromatic heterocycles. The summed E-state index contributed by atoms with van der Waals surface area (Å²) < 4.78 is 38.2. The Morgan fingerprint density at radius 1 is 1.47 bits per heavy atom. The molecule has 0 bridgehead atoms. The van der Waals surface area contributed by atoms with E-state index in [9.17, 15) is 18.0 Å². The minimum atomic E-state index is -4.68. The lowest BCUT2D eigenvalue weighted by atomic mass is 10.0. The van der Waals surface area contributed by atoms with Crippen LogP contribution in [-0.4, -0.2) is 16.1 Å². The van der Waals surface area contributed by atoms with Crippen LogP contribution in [0.5, 0.6) is 0 Å². The maximum atomic E-state index is 12.7. The molecule has 17 heavy (non-hydrogen) atoms. The summed E-state index contributed by atoms with van der Waals surface area (Å²) in [6.45, 7) is 3.17. The van der Waals surface area contributed by atoms with Crippen molar-refractivity contribution in [2.45, 2.75) is 32.9 Å². The lowest BCUT2D eigenvalue weighted by Gasteiger charge is -2.14. The monoisotopic (exact) mass is 247 g/mol. The number of nitrogens with zero attached hydrogens (tertiary/aromatic N) is 1. The summed E-state index contributed by atoms with van der Waals surface area (Å²) in [6.07, 6.45) is -3.93. The molecule has 0 aliphatic carbocycles. The van der Waals surface area contributed by atoms with Gasteiger partial charge in [0.2, 0.25) is 0 Å². The summed E-state index contributed by atoms with van der Waals surface area (Å²) in [5.41, 5.74) is -1.69. The van der Waals surface area contributed by atoms with Crippen LogP contribution in [0.2, 0.25) is 0 Å². The number of halogens is 3. The van der Waals surface area contributed by atoms with Crippen LogP contribution in [0.15, 0.2) is 6.07 Å². The van der Waals surface area contributed by atoms with Gasteiger partial charge in [0.1, 0.15) is 0 Å². The van der Waals surface area contributed by atoms with Crippen LogP contribution >= 0.6 is 0 Å². The number of carboxylic acids is 1. The molecule has 0 aliphatic rings. The quantitative estimate of drug-likeness (QED) is 0.893. The van der Waals surface area contributed by atoms with Crippen molar-refractivity contribution in [2.24, 2.45) is 0 Å². The third-order valence-corrected chi connectivity index (χ3v) is 2.23. The van der Waals surface area contributed by atoms with Crippen molar-refractivity contribution < 1.29 is 23.1 Å². The van der Waals surface area contributed by atoms with Crippen molar-refractivity contribution >= 4 is 5.97 Å². The second kappa shape index (κ2) is 4.73. The van der Waals surface area contributed by atoms with E-state index in [0.717, 1.165) is 6.07 Å². The number of hydrogen-bond donors (Lipinski definition) is 1. The summed E-state index contributed by atoms with van der Waals surface area (Å²) in [7, 11) is 0. The third-order valence-electron chi connectivity index (χ3n) is 2.23. The molecule has 0 aromatic carbocycles. The number of aromatic nitrogens is 1. The van der Waals surface area contributed by atoms with E-state index in [4.69, 9.17) is 5.11 Å². The largest absolute Gasteiger partial charge is 0.478 e. The Bertz CT molecular complexity index is 441. The molecule has 0 saturated carbocycles. The Morgan fingerprint density at radius 2 is 2.06 bits per heavy atom. The summed E-state index contributed by atoms with van der Waals surface area (Å²) in [6, 6.07) is 0.766. The van der Waals surface area contributed by atoms with Gasteiger partial charge in [-0.3, -0.25) is 4.98 Å². The number of carbonyl (C=O) groups is 1. The van der Waals surface area contributed by atoms with Gasteiger partial charge in [-0.05, 0) is 19.4 Å². The van der Waals surface area contributed by atoms with Gasteiger partial charge in [-0.25, -0.2) is 4.79 Å². The van der Waals surface area contributed by atoms with E-state index in [1.165, 1.54) is 6.92 Å². The SMILES string of the molecule is CCCc1nc(C)cc(C(F)(F)F)c1C(=O)O. The van der Waals surface area contributed by atoms with Crippen molar-refractivity contribution in [3.8, 4) is 0 Å². The average molecular weight is 247 g/mol. The highest BCUT2D eigenvalue weighted by Gasteiger charge is 2.37. The minimum Gasteiger partial charge on any atom is -0.478 e. The highest BCUT2D eigenvalue weighted by atomic mass is 19.4. The number of aromatic carboxylic acids is 1. The summed E-state index contributed by atoms with van der Waals surface area (Å²) in [4.78, 5) is 14.8. The predicted molar refractivity (Wildman–Crippen MR) is 54.9 cm³/mol. The van der Waals surface area contributed by atoms with E-state index in [0.29, 0.717) is 6.42 Å². The van der Waals surface area contributed by atoms with Crippen LogP contribution in [0.1, 0.15) is 40.7 Å². The number of rotatable bonds is 3. The maximum absolute atomic E-state index is 12.7. The van der Waals surface area contributed by atoms with E-state index in [1.807, 2.05) is 0 Å². The van der Waals surface area contributed by atoms with Gasteiger partial charge < -0.3 is 5.11 Å². The molecular weight excluding hydrogens is 235 g/mol. The lowest BCUT2D eigenvalue weighted by Crippen LogP contribution is -2.17. The predicted octanol–water partition coefficient (Wildman–Crippen LogP) is 3.06. The third kappa shape index (κ3) is 2.95. The molecule has 1 N–H and O–H groups in total. The molecule has 6 heteroatoms. The molecule has 0 fully saturated rings. The number of pyridine rings is 1. The van der Waals surface area contributed by atoms with Crippen LogP contribution in [-0.2, 0) is 12.6 Å². The first kappa shape index (κ1) is 13.5. The molecule has 1 aromatic rings. The van der Waals surface area contributed by atoms with Gasteiger partial charge in [0.15, 0.2) is 0 Å². The second-order valence-electron chi connectivity index (χ2n) is 3.69. The zero-order valence-corrected chi connectivity index (χ0v) is 9.43. The van der Waals surface area contributed by atoms with Crippen LogP contribution in [0.4, 0.5) is 13.2 Å². The molecule has 1 heterocycles. The Hall–Kier alpha value is -1.59. The van der Waals surface area contributed by atoms with Crippen molar-refractivity contribution in [3.63, 3.8) is 0 Å². The smallest absolute Gasteiger partial charge is 0.417 e. The molecule has 0 spiro atoms. The van der Waals surface area contributed by atoms with Gasteiger partial charge in [0.25, 0.3) is 0 Å². The highest BCUT2D eigenvalue weighted by molar-refractivity contribution is 5.91. The molecule has 0 saturated heterocycles. The van der Waals surface area contributed by atoms with Gasteiger partial charge in [0.05, 0.1) is 16.8 Å². The van der Waals surface area contributed by atoms with Gasteiger partial charge in [0, 0.05) is 5.69 Å². The van der Waals surface area contributed by atoms with Gasteiger partial charge in [-0.15, -0.1) is 0 Å². The second-order valence-corrected chi connectivity index (χ2v) is 3.69. The van der Waals surface area contributed by atoms with Crippen LogP contribution < -0.4 is 0 Å². The molecule has 3 nitrogen and oxygen atoms in total. The lowest BCUT2D eigenvalue weighted by molar-refractivity contribution is -0.138. The van der Waals surface area contributed by atoms with Crippen molar-refractivity contribution in [1.29, 1.82) is 0 Å². The van der Waals surface area contributed by atoms with Crippen LogP contribution in [0.3, 0.4) is 0 Å². The highest BCUT2D eigenvalue weighted by Crippen LogP contribution is 2.33. The minimum absolute atomic E-state index is 0.00711. The fraction of sp³-hybridized carbons (Fsp3) is 0.455. The Morgan fingerprint density at radius 3 is 2.47 bits per heavy atom. The Labute approximate surface area is 96.3 Å². The molecule has 0 unspecified atom stereocenters. The molecule has 94 valence electrons. The zero-order chi connectivity index (χ0) is 13.2. The first-order valence-corrected chi connectivity index (χ1v) is 5.08. The molecule has 0 aliphatic heterocycles. The molecule has 1 rings (SSSR count). The van der Waals surface area contributed by atoms with E-state index < -0.39 is 23.3 Å². The van der Waals surface area contributed by atoms with Crippen LogP contribution in [0, 0.1) is 6.92 Å². The normalized spacial score (nSPS) is 11.6. The average Bonchev–Trinajstić information content (AvgIpc) is 2.15. The van der Waals surface area contributed by atoms with E-state index >= 15 is 0 Å². The van der Waals surface area contributed by atoms with Crippen molar-refractivity contribution in [2.75, 3.05) is 0 Å². The van der Waals surface area contributed by atoms with Gasteiger partial charge in [-0.2, -0.15) is 13.2 Å². The number of alkyl halides is 3. The van der Waals surface area contributed by atoms with Crippen molar-refractivity contribution in [1.82, 2.24) is 4.98 Å². The zero-order valence-electron chi connectivity index (χ0n) is 9.43. The topological polar surface area (TPSA) is 50.2 Å². The summed E-state index contributed by atoms with van der Waals surface area (Å²) in [5, 5.41) is 8.89. The number of aryl methyl sites for hydroxylation is 2. The number of carboxylic acid groups (broad SMARTS) is 1. The van der Waals surface area contributed by atoms with Crippen LogP contribution in [0.25, 0.3) is 0 Å². The molecule has 0 amide bonds. The summed E-state index contributed by atoms with van der Waals surface area (Å²) >= 11 is 0. The number of hydrogen-bond acceptors (Lipinski definition) is 2. The Kier molecular flexibility index (Phi) is 3.75. The fourth-order valence-corrected chi connectivity index (χ4v) is 1.62. The van der Waals surface area contributed by atoms with E-state index in [1.54, 1.807) is 6.92 Å². The molecule has 0 radical (unpaired) electrons. The molecular formula is C11H12F3NO2. The fourth-order valence-electron chi connectivity index (χ4n) is 1.62. The maximum Gasteiger partial charge on any atom is 0.417 e. The van der Waals surface area contributed by atoms with Gasteiger partial charge >= 0.3 is 12.1 Å².